The summed E-state index contributed by atoms with van der Waals surface area (Å²) in [6, 6.07) is 5.14. The van der Waals surface area contributed by atoms with Gasteiger partial charge in [-0.2, -0.15) is 0 Å². The van der Waals surface area contributed by atoms with Crippen LogP contribution in [-0.4, -0.2) is 5.11 Å². The van der Waals surface area contributed by atoms with Crippen molar-refractivity contribution in [2.75, 3.05) is 0 Å². The largest absolute Gasteiger partial charge is 0.551 e. The fourth-order valence-corrected chi connectivity index (χ4v) is 2.18. The smallest absolute Gasteiger partial charge is 0.0354 e. The van der Waals surface area contributed by atoms with Crippen LogP contribution in [0.2, 0.25) is 0 Å². The average molecular weight is 391 g/mol. The minimum Gasteiger partial charge on any atom is -0.551 e. The van der Waals surface area contributed by atoms with Crippen molar-refractivity contribution in [3.63, 3.8) is 0 Å². The Kier molecular flexibility index (Phi) is 7.20. The van der Waals surface area contributed by atoms with Crippen molar-refractivity contribution in [3.8, 4) is 5.75 Å². The summed E-state index contributed by atoms with van der Waals surface area (Å²) >= 11 is 0. The molecule has 2 rings (SSSR count). The monoisotopic (exact) mass is 391 g/mol. The molecule has 0 saturated heterocycles. The van der Waals surface area contributed by atoms with Crippen molar-refractivity contribution in [2.24, 2.45) is 0 Å². The standard InChI is InChI=1S/C15H17O.2Y/c1-8-6-13-11(4)9(2)10(3)12(5)14(13)7-15(8)16;;/h7,16H,1-5H3;;/q-1;;. The average Bonchev–Trinajstić information content (AvgIpc) is 2.26. The SMILES string of the molecule is Cc1[c-]c2c(C)c(C)c(C)c(C)c2cc1O.[Y].[Y]. The molecule has 0 aliphatic rings. The first kappa shape index (κ1) is 18.7. The van der Waals surface area contributed by atoms with Crippen molar-refractivity contribution >= 4 is 10.8 Å². The molecule has 0 aromatic heterocycles. The van der Waals surface area contributed by atoms with E-state index in [4.69, 9.17) is 0 Å². The molecule has 0 unspecified atom stereocenters. The summed E-state index contributed by atoms with van der Waals surface area (Å²) in [5, 5.41) is 12.0. The second kappa shape index (κ2) is 6.93. The van der Waals surface area contributed by atoms with Gasteiger partial charge in [0, 0.05) is 71.2 Å². The van der Waals surface area contributed by atoms with Crippen LogP contribution in [0.3, 0.4) is 0 Å². The Hall–Kier alpha value is 0.708. The van der Waals surface area contributed by atoms with Crippen LogP contribution in [0.15, 0.2) is 6.07 Å². The van der Waals surface area contributed by atoms with Crippen LogP contribution in [0.4, 0.5) is 0 Å². The molecule has 0 atom stereocenters. The zero-order chi connectivity index (χ0) is 12.0. The number of rotatable bonds is 0. The number of fused-ring (bicyclic) bond motifs is 1. The zero-order valence-electron chi connectivity index (χ0n) is 11.7. The quantitative estimate of drug-likeness (QED) is 0.676. The predicted molar refractivity (Wildman–Crippen MR) is 68.1 cm³/mol. The number of phenolic OH excluding ortho intramolecular Hbond substituents is 1. The van der Waals surface area contributed by atoms with Crippen LogP contribution >= 0.6 is 0 Å². The van der Waals surface area contributed by atoms with Gasteiger partial charge in [-0.05, 0) is 20.8 Å². The van der Waals surface area contributed by atoms with Crippen molar-refractivity contribution in [3.05, 3.63) is 39.9 Å². The molecule has 3 heteroatoms. The Morgan fingerprint density at radius 2 is 1.33 bits per heavy atom. The minimum absolute atomic E-state index is 0. The van der Waals surface area contributed by atoms with E-state index in [0.29, 0.717) is 5.75 Å². The first-order valence-electron chi connectivity index (χ1n) is 5.55. The molecule has 2 aromatic rings. The van der Waals surface area contributed by atoms with Gasteiger partial charge in [0.2, 0.25) is 0 Å². The maximum atomic E-state index is 9.76. The summed E-state index contributed by atoms with van der Waals surface area (Å²) in [6.07, 6.45) is 0. The van der Waals surface area contributed by atoms with Gasteiger partial charge in [-0.3, -0.25) is 0 Å². The zero-order valence-corrected chi connectivity index (χ0v) is 17.4. The third-order valence-corrected chi connectivity index (χ3v) is 3.71. The van der Waals surface area contributed by atoms with E-state index in [1.165, 1.54) is 22.3 Å². The van der Waals surface area contributed by atoms with Crippen LogP contribution in [-0.2, 0) is 65.4 Å². The summed E-state index contributed by atoms with van der Waals surface area (Å²) in [5.74, 6) is 0.332. The molecule has 0 aliphatic heterocycles. The van der Waals surface area contributed by atoms with Crippen LogP contribution in [0.25, 0.3) is 10.8 Å². The van der Waals surface area contributed by atoms with Crippen molar-refractivity contribution in [1.82, 2.24) is 0 Å². The Morgan fingerprint density at radius 1 is 0.833 bits per heavy atom. The van der Waals surface area contributed by atoms with Gasteiger partial charge >= 0.3 is 0 Å². The molecule has 2 aromatic carbocycles. The molecule has 0 spiro atoms. The molecular weight excluding hydrogens is 374 g/mol. The van der Waals surface area contributed by atoms with Gasteiger partial charge < -0.3 is 5.11 Å². The molecule has 90 valence electrons. The van der Waals surface area contributed by atoms with Crippen molar-refractivity contribution in [2.45, 2.75) is 34.6 Å². The number of hydrogen-bond acceptors (Lipinski definition) is 1. The number of hydrogen-bond donors (Lipinski definition) is 1. The van der Waals surface area contributed by atoms with E-state index in [2.05, 4.69) is 33.8 Å². The Balaban J connectivity index is 0.00000144. The number of aromatic hydroxyl groups is 1. The number of benzene rings is 2. The molecule has 0 saturated carbocycles. The van der Waals surface area contributed by atoms with E-state index in [1.54, 1.807) is 0 Å². The molecule has 0 aliphatic carbocycles. The second-order valence-corrected chi connectivity index (χ2v) is 4.57. The molecule has 2 radical (unpaired) electrons. The summed E-state index contributed by atoms with van der Waals surface area (Å²) in [7, 11) is 0. The topological polar surface area (TPSA) is 20.2 Å². The first-order chi connectivity index (χ1) is 7.43. The molecule has 0 bridgehead atoms. The predicted octanol–water partition coefficient (Wildman–Crippen LogP) is 3.88. The molecule has 0 amide bonds. The third kappa shape index (κ3) is 3.06. The molecule has 0 heterocycles. The number of aryl methyl sites for hydroxylation is 3. The van der Waals surface area contributed by atoms with E-state index < -0.39 is 0 Å². The fourth-order valence-electron chi connectivity index (χ4n) is 2.18. The minimum atomic E-state index is 0. The van der Waals surface area contributed by atoms with Crippen LogP contribution in [0.5, 0.6) is 5.75 Å². The van der Waals surface area contributed by atoms with E-state index >= 15 is 0 Å². The van der Waals surface area contributed by atoms with Crippen molar-refractivity contribution < 1.29 is 70.5 Å². The molecule has 1 nitrogen and oxygen atoms in total. The van der Waals surface area contributed by atoms with Gasteiger partial charge in [-0.1, -0.05) is 42.2 Å². The van der Waals surface area contributed by atoms with E-state index in [9.17, 15) is 5.11 Å². The normalized spacial score (nSPS) is 9.83. The summed E-state index contributed by atoms with van der Waals surface area (Å²) in [5.41, 5.74) is 5.96. The summed E-state index contributed by atoms with van der Waals surface area (Å²) < 4.78 is 0. The second-order valence-electron chi connectivity index (χ2n) is 4.57. The molecule has 1 N–H and O–H groups in total. The Morgan fingerprint density at radius 3 is 1.89 bits per heavy atom. The van der Waals surface area contributed by atoms with Gasteiger partial charge in [0.25, 0.3) is 0 Å². The van der Waals surface area contributed by atoms with Crippen molar-refractivity contribution in [1.29, 1.82) is 0 Å². The van der Waals surface area contributed by atoms with Gasteiger partial charge in [0.05, 0.1) is 0 Å². The fraction of sp³-hybridized carbons (Fsp3) is 0.333. The van der Waals surface area contributed by atoms with Gasteiger partial charge in [0.1, 0.15) is 0 Å². The van der Waals surface area contributed by atoms with Gasteiger partial charge in [-0.25, -0.2) is 0 Å². The molecule has 0 fully saturated rings. The summed E-state index contributed by atoms with van der Waals surface area (Å²) in [4.78, 5) is 0. The van der Waals surface area contributed by atoms with Gasteiger partial charge in [0.15, 0.2) is 0 Å². The Labute approximate surface area is 159 Å². The van der Waals surface area contributed by atoms with E-state index in [1.807, 2.05) is 13.0 Å². The molecule has 18 heavy (non-hydrogen) atoms. The maximum Gasteiger partial charge on any atom is 0.0354 e. The van der Waals surface area contributed by atoms with Crippen LogP contribution < -0.4 is 0 Å². The van der Waals surface area contributed by atoms with Gasteiger partial charge in [-0.15, -0.1) is 22.4 Å². The maximum absolute atomic E-state index is 9.76. The molecular formula is C15H17OY2-. The third-order valence-electron chi connectivity index (χ3n) is 3.71. The van der Waals surface area contributed by atoms with E-state index in [0.717, 1.165) is 16.3 Å². The summed E-state index contributed by atoms with van der Waals surface area (Å²) in [6.45, 7) is 10.4. The van der Waals surface area contributed by atoms with Crippen LogP contribution in [0.1, 0.15) is 27.8 Å². The first-order valence-corrected chi connectivity index (χ1v) is 5.55. The number of phenols is 1. The van der Waals surface area contributed by atoms with Crippen LogP contribution in [0, 0.1) is 40.7 Å². The van der Waals surface area contributed by atoms with E-state index in [-0.39, 0.29) is 65.4 Å². The Bertz CT molecular complexity index is 537.